The van der Waals surface area contributed by atoms with Gasteiger partial charge in [0.2, 0.25) is 0 Å². The third-order valence-corrected chi connectivity index (χ3v) is 3.15. The summed E-state index contributed by atoms with van der Waals surface area (Å²) in [4.78, 5) is 0. The fourth-order valence-corrected chi connectivity index (χ4v) is 2.10. The number of hydrogen-bond acceptors (Lipinski definition) is 0. The molecule has 0 heterocycles. The van der Waals surface area contributed by atoms with Crippen molar-refractivity contribution in [3.63, 3.8) is 0 Å². The molecule has 0 aliphatic heterocycles. The maximum absolute atomic E-state index is 13.6. The van der Waals surface area contributed by atoms with Crippen molar-refractivity contribution in [2.45, 2.75) is 38.4 Å². The van der Waals surface area contributed by atoms with E-state index in [4.69, 9.17) is 0 Å². The first kappa shape index (κ1) is 12.2. The molecule has 0 amide bonds. The zero-order chi connectivity index (χ0) is 11.5. The van der Waals surface area contributed by atoms with Gasteiger partial charge in [0.1, 0.15) is 19.5 Å². The third-order valence-electron chi connectivity index (χ3n) is 3.15. The Bertz CT molecular complexity index is 318. The van der Waals surface area contributed by atoms with Gasteiger partial charge in [-0.1, -0.05) is 39.2 Å². The van der Waals surface area contributed by atoms with E-state index in [1.807, 2.05) is 21.7 Å². The molecule has 0 bridgehead atoms. The summed E-state index contributed by atoms with van der Waals surface area (Å²) in [6, 6.07) is 4.08. The van der Waals surface area contributed by atoms with Gasteiger partial charge in [-0.2, -0.15) is 0 Å². The van der Waals surface area contributed by atoms with Gasteiger partial charge in [-0.3, -0.25) is 0 Å². The van der Waals surface area contributed by atoms with Crippen LogP contribution >= 0.6 is 0 Å². The summed E-state index contributed by atoms with van der Waals surface area (Å²) in [6.07, 6.45) is 2.48. The zero-order valence-corrected chi connectivity index (χ0v) is 9.61. The van der Waals surface area contributed by atoms with Crippen LogP contribution in [-0.4, -0.2) is 7.85 Å². The van der Waals surface area contributed by atoms with Crippen LogP contribution in [0, 0.1) is 11.6 Å². The highest BCUT2D eigenvalue weighted by Crippen LogP contribution is 2.33. The predicted octanol–water partition coefficient (Wildman–Crippen LogP) is 3.00. The quantitative estimate of drug-likeness (QED) is 0.670. The summed E-state index contributed by atoms with van der Waals surface area (Å²) in [5, 5.41) is -0.385. The number of rotatable bonds is 4. The third kappa shape index (κ3) is 2.39. The van der Waals surface area contributed by atoms with Gasteiger partial charge in [0.15, 0.2) is 0 Å². The largest absolute Gasteiger partial charge is 0.207 e. The van der Waals surface area contributed by atoms with E-state index >= 15 is 0 Å². The molecule has 0 fully saturated rings. The average molecular weight is 210 g/mol. The number of hydrogen-bond donors (Lipinski definition) is 0. The zero-order valence-electron chi connectivity index (χ0n) is 9.61. The Kier molecular flexibility index (Phi) is 3.89. The predicted molar refractivity (Wildman–Crippen MR) is 61.8 cm³/mol. The van der Waals surface area contributed by atoms with E-state index in [-0.39, 0.29) is 10.9 Å². The average Bonchev–Trinajstić information content (AvgIpc) is 2.18. The van der Waals surface area contributed by atoms with Crippen molar-refractivity contribution in [2.75, 3.05) is 0 Å². The fourth-order valence-electron chi connectivity index (χ4n) is 2.10. The fraction of sp³-hybridized carbons (Fsp3) is 0.500. The van der Waals surface area contributed by atoms with E-state index in [0.717, 1.165) is 19.3 Å². The maximum Gasteiger partial charge on any atom is 0.129 e. The molecule has 1 aromatic carbocycles. The molecule has 3 heteroatoms. The molecular formula is C12H17BF2. The number of benzene rings is 1. The molecule has 0 aromatic heterocycles. The van der Waals surface area contributed by atoms with E-state index < -0.39 is 11.6 Å². The van der Waals surface area contributed by atoms with Crippen molar-refractivity contribution in [1.29, 1.82) is 0 Å². The van der Waals surface area contributed by atoms with Gasteiger partial charge in [-0.15, -0.1) is 0 Å². The van der Waals surface area contributed by atoms with Crippen LogP contribution in [0.3, 0.4) is 0 Å². The van der Waals surface area contributed by atoms with Gasteiger partial charge in [-0.25, -0.2) is 8.78 Å². The monoisotopic (exact) mass is 210 g/mol. The Hall–Kier alpha value is -0.855. The summed E-state index contributed by atoms with van der Waals surface area (Å²) in [6.45, 7) is 4.01. The van der Waals surface area contributed by atoms with Crippen LogP contribution in [0.5, 0.6) is 0 Å². The summed E-state index contributed by atoms with van der Waals surface area (Å²) in [5.74, 6) is -0.847. The van der Waals surface area contributed by atoms with E-state index in [1.165, 1.54) is 18.2 Å². The lowest BCUT2D eigenvalue weighted by Gasteiger charge is -2.29. The number of halogens is 2. The van der Waals surface area contributed by atoms with Gasteiger partial charge in [-0.05, 0) is 17.4 Å². The molecule has 0 nitrogen and oxygen atoms in total. The van der Waals surface area contributed by atoms with Crippen molar-refractivity contribution in [2.24, 2.45) is 0 Å². The standard InChI is InChI=1S/C12H17BF2/c1-3-8-12(13,4-2)11-9(14)6-5-7-10(11)15/h5-7H,3-4,8,13H2,1-2H3. The smallest absolute Gasteiger partial charge is 0.129 e. The van der Waals surface area contributed by atoms with Gasteiger partial charge in [0, 0.05) is 5.56 Å². The molecule has 15 heavy (non-hydrogen) atoms. The minimum absolute atomic E-state index is 0.245. The van der Waals surface area contributed by atoms with Crippen LogP contribution in [0.2, 0.25) is 0 Å². The summed E-state index contributed by atoms with van der Waals surface area (Å²) >= 11 is 0. The normalized spacial score (nSPS) is 14.9. The molecule has 0 saturated heterocycles. The molecule has 0 spiro atoms. The molecule has 1 rings (SSSR count). The van der Waals surface area contributed by atoms with Crippen LogP contribution in [0.25, 0.3) is 0 Å². The van der Waals surface area contributed by atoms with Crippen LogP contribution in [0.4, 0.5) is 8.78 Å². The molecule has 0 aliphatic carbocycles. The Morgan fingerprint density at radius 3 is 2.13 bits per heavy atom. The van der Waals surface area contributed by atoms with E-state index in [1.54, 1.807) is 0 Å². The molecule has 0 radical (unpaired) electrons. The van der Waals surface area contributed by atoms with Crippen LogP contribution in [0.1, 0.15) is 38.7 Å². The molecule has 82 valence electrons. The van der Waals surface area contributed by atoms with E-state index in [9.17, 15) is 8.78 Å². The van der Waals surface area contributed by atoms with Crippen LogP contribution < -0.4 is 0 Å². The van der Waals surface area contributed by atoms with E-state index in [2.05, 4.69) is 0 Å². The van der Waals surface area contributed by atoms with Crippen LogP contribution in [-0.2, 0) is 5.31 Å². The van der Waals surface area contributed by atoms with Crippen LogP contribution in [0.15, 0.2) is 18.2 Å². The lowest BCUT2D eigenvalue weighted by Crippen LogP contribution is -2.28. The summed E-state index contributed by atoms with van der Waals surface area (Å²) in [7, 11) is 1.93. The molecule has 0 saturated carbocycles. The van der Waals surface area contributed by atoms with Gasteiger partial charge >= 0.3 is 0 Å². The first-order valence-electron chi connectivity index (χ1n) is 5.49. The van der Waals surface area contributed by atoms with Gasteiger partial charge in [0.05, 0.1) is 0 Å². The Morgan fingerprint density at radius 2 is 1.73 bits per heavy atom. The minimum atomic E-state index is -0.423. The second-order valence-electron chi connectivity index (χ2n) is 4.26. The molecular weight excluding hydrogens is 193 g/mol. The van der Waals surface area contributed by atoms with Crippen molar-refractivity contribution < 1.29 is 8.78 Å². The Labute approximate surface area is 91.1 Å². The lowest BCUT2D eigenvalue weighted by molar-refractivity contribution is 0.456. The molecule has 0 N–H and O–H groups in total. The first-order valence-corrected chi connectivity index (χ1v) is 5.49. The molecule has 0 aliphatic rings. The molecule has 1 atom stereocenters. The first-order chi connectivity index (χ1) is 7.05. The minimum Gasteiger partial charge on any atom is -0.207 e. The lowest BCUT2D eigenvalue weighted by atomic mass is 9.59. The summed E-state index contributed by atoms with van der Waals surface area (Å²) < 4.78 is 27.2. The summed E-state index contributed by atoms with van der Waals surface area (Å²) in [5.41, 5.74) is 0.245. The second kappa shape index (κ2) is 4.78. The molecule has 1 aromatic rings. The maximum atomic E-state index is 13.6. The highest BCUT2D eigenvalue weighted by molar-refractivity contribution is 6.15. The van der Waals surface area contributed by atoms with Crippen molar-refractivity contribution >= 4 is 7.85 Å². The van der Waals surface area contributed by atoms with Crippen molar-refractivity contribution in [3.05, 3.63) is 35.4 Å². The topological polar surface area (TPSA) is 0 Å². The molecule has 1 unspecified atom stereocenters. The Balaban J connectivity index is 3.22. The van der Waals surface area contributed by atoms with E-state index in [0.29, 0.717) is 0 Å². The highest BCUT2D eigenvalue weighted by Gasteiger charge is 2.29. The van der Waals surface area contributed by atoms with Gasteiger partial charge < -0.3 is 0 Å². The Morgan fingerprint density at radius 1 is 1.20 bits per heavy atom. The second-order valence-corrected chi connectivity index (χ2v) is 4.26. The highest BCUT2D eigenvalue weighted by atomic mass is 19.1. The van der Waals surface area contributed by atoms with Gasteiger partial charge in [0.25, 0.3) is 0 Å². The van der Waals surface area contributed by atoms with Crippen molar-refractivity contribution in [3.8, 4) is 0 Å². The SMILES string of the molecule is BC(CC)(CCC)c1c(F)cccc1F. The van der Waals surface area contributed by atoms with Crippen molar-refractivity contribution in [1.82, 2.24) is 0 Å².